The van der Waals surface area contributed by atoms with Crippen LogP contribution < -0.4 is 5.30 Å². The summed E-state index contributed by atoms with van der Waals surface area (Å²) in [6.45, 7) is 6.98. The lowest BCUT2D eigenvalue weighted by molar-refractivity contribution is 0.339. The van der Waals surface area contributed by atoms with Crippen molar-refractivity contribution in [1.29, 1.82) is 0 Å². The summed E-state index contributed by atoms with van der Waals surface area (Å²) in [6.07, 6.45) is 9.00. The lowest BCUT2D eigenvalue weighted by Gasteiger charge is -2.35. The van der Waals surface area contributed by atoms with Crippen LogP contribution in [0.15, 0.2) is 30.5 Å². The van der Waals surface area contributed by atoms with Crippen molar-refractivity contribution in [2.75, 3.05) is 7.11 Å². The molecule has 0 radical (unpaired) electrons. The van der Waals surface area contributed by atoms with E-state index in [1.54, 1.807) is 12.4 Å². The summed E-state index contributed by atoms with van der Waals surface area (Å²) in [5, 5.41) is 1.58. The Kier molecular flexibility index (Phi) is 6.30. The fourth-order valence-electron chi connectivity index (χ4n) is 3.53. The van der Waals surface area contributed by atoms with Crippen LogP contribution in [0.3, 0.4) is 0 Å². The first kappa shape index (κ1) is 16.6. The molecule has 1 fully saturated rings. The smallest absolute Gasteiger partial charge is 0.0859 e. The normalized spacial score (nSPS) is 18.8. The first-order valence-corrected chi connectivity index (χ1v) is 9.70. The van der Waals surface area contributed by atoms with Crippen LogP contribution in [-0.4, -0.2) is 18.4 Å². The molecule has 1 nitrogen and oxygen atoms in total. The lowest BCUT2D eigenvalue weighted by atomic mass is 10.0. The fourth-order valence-corrected chi connectivity index (χ4v) is 7.03. The Labute approximate surface area is 131 Å². The average molecular weight is 304 g/mol. The summed E-state index contributed by atoms with van der Waals surface area (Å²) >= 11 is 0. The molecule has 1 saturated carbocycles. The Morgan fingerprint density at radius 2 is 1.86 bits per heavy atom. The van der Waals surface area contributed by atoms with E-state index in [9.17, 15) is 0 Å². The van der Waals surface area contributed by atoms with Gasteiger partial charge in [0.15, 0.2) is 0 Å². The van der Waals surface area contributed by atoms with Crippen LogP contribution in [-0.2, 0) is 4.74 Å². The van der Waals surface area contributed by atoms with Crippen molar-refractivity contribution in [3.8, 4) is 0 Å². The predicted molar refractivity (Wildman–Crippen MR) is 95.7 cm³/mol. The van der Waals surface area contributed by atoms with E-state index in [-0.39, 0.29) is 7.92 Å². The molecule has 1 unspecified atom stereocenters. The minimum atomic E-state index is -0.0933. The summed E-state index contributed by atoms with van der Waals surface area (Å²) in [5.74, 6) is 0. The van der Waals surface area contributed by atoms with Crippen LogP contribution in [0.2, 0.25) is 0 Å². The Morgan fingerprint density at radius 3 is 2.48 bits per heavy atom. The molecule has 2 heteroatoms. The number of rotatable bonds is 5. The van der Waals surface area contributed by atoms with Crippen LogP contribution in [0, 0.1) is 0 Å². The number of benzene rings is 1. The number of allylic oxidation sites excluding steroid dienone is 1. The standard InChI is InChI=1S/C19H29OP/c1-15(2)21(17-10-6-5-7-11-17)19-13-9-8-12-18(19)16(3)14-20-4/h8-9,12-15,17H,5-7,10-11H2,1-4H3/b16-14-. The number of hydrogen-bond donors (Lipinski definition) is 0. The molecule has 1 aromatic rings. The molecular weight excluding hydrogens is 275 g/mol. The molecule has 116 valence electrons. The Morgan fingerprint density at radius 1 is 1.19 bits per heavy atom. The Balaban J connectivity index is 2.38. The highest BCUT2D eigenvalue weighted by Gasteiger charge is 2.28. The zero-order valence-electron chi connectivity index (χ0n) is 13.9. The third kappa shape index (κ3) is 4.10. The summed E-state index contributed by atoms with van der Waals surface area (Å²) in [4.78, 5) is 0. The number of hydrogen-bond acceptors (Lipinski definition) is 1. The van der Waals surface area contributed by atoms with E-state index < -0.39 is 0 Å². The second-order valence-electron chi connectivity index (χ2n) is 6.35. The van der Waals surface area contributed by atoms with Gasteiger partial charge in [-0.2, -0.15) is 0 Å². The van der Waals surface area contributed by atoms with Gasteiger partial charge in [-0.05, 0) is 47.5 Å². The minimum absolute atomic E-state index is 0.0933. The van der Waals surface area contributed by atoms with Crippen LogP contribution in [0.5, 0.6) is 0 Å². The molecule has 0 aromatic heterocycles. The van der Waals surface area contributed by atoms with Crippen molar-refractivity contribution in [3.05, 3.63) is 36.1 Å². The summed E-state index contributed by atoms with van der Waals surface area (Å²) in [5.41, 5.74) is 4.30. The summed E-state index contributed by atoms with van der Waals surface area (Å²) in [7, 11) is 1.64. The molecule has 1 aliphatic carbocycles. The molecule has 21 heavy (non-hydrogen) atoms. The SMILES string of the molecule is CO/C=C(/C)c1ccccc1P(C(C)C)C1CCCCC1. The molecule has 0 heterocycles. The molecule has 0 aliphatic heterocycles. The lowest BCUT2D eigenvalue weighted by Crippen LogP contribution is -2.23. The number of methoxy groups -OCH3 is 1. The van der Waals surface area contributed by atoms with Gasteiger partial charge >= 0.3 is 0 Å². The van der Waals surface area contributed by atoms with E-state index in [1.807, 2.05) is 6.26 Å². The van der Waals surface area contributed by atoms with Gasteiger partial charge in [0.2, 0.25) is 0 Å². The van der Waals surface area contributed by atoms with Crippen molar-refractivity contribution >= 4 is 18.8 Å². The Hall–Kier alpha value is -0.810. The quantitative estimate of drug-likeness (QED) is 0.512. The van der Waals surface area contributed by atoms with E-state index in [0.29, 0.717) is 0 Å². The molecular formula is C19H29OP. The predicted octanol–water partition coefficient (Wildman–Crippen LogP) is 5.54. The minimum Gasteiger partial charge on any atom is -0.504 e. The van der Waals surface area contributed by atoms with Crippen molar-refractivity contribution < 1.29 is 4.74 Å². The second-order valence-corrected chi connectivity index (χ2v) is 9.41. The molecule has 0 spiro atoms. The largest absolute Gasteiger partial charge is 0.504 e. The monoisotopic (exact) mass is 304 g/mol. The molecule has 1 aliphatic rings. The first-order valence-electron chi connectivity index (χ1n) is 8.22. The molecule has 2 rings (SSSR count). The molecule has 0 saturated heterocycles. The third-order valence-electron chi connectivity index (χ3n) is 4.43. The van der Waals surface area contributed by atoms with E-state index in [1.165, 1.54) is 43.2 Å². The molecule has 1 aromatic carbocycles. The Bertz CT molecular complexity index is 472. The maximum atomic E-state index is 5.24. The van der Waals surface area contributed by atoms with Crippen molar-refractivity contribution in [2.24, 2.45) is 0 Å². The van der Waals surface area contributed by atoms with Gasteiger partial charge in [-0.25, -0.2) is 0 Å². The molecule has 1 atom stereocenters. The van der Waals surface area contributed by atoms with Crippen molar-refractivity contribution in [2.45, 2.75) is 64.2 Å². The van der Waals surface area contributed by atoms with Crippen molar-refractivity contribution in [1.82, 2.24) is 0 Å². The highest BCUT2D eigenvalue weighted by Crippen LogP contribution is 2.51. The second kappa shape index (κ2) is 7.99. The van der Waals surface area contributed by atoms with Gasteiger partial charge in [0, 0.05) is 0 Å². The van der Waals surface area contributed by atoms with Gasteiger partial charge in [0.05, 0.1) is 13.4 Å². The van der Waals surface area contributed by atoms with E-state index in [0.717, 1.165) is 11.3 Å². The maximum Gasteiger partial charge on any atom is 0.0859 e. The average Bonchev–Trinajstić information content (AvgIpc) is 2.49. The van der Waals surface area contributed by atoms with E-state index in [2.05, 4.69) is 45.0 Å². The van der Waals surface area contributed by atoms with Crippen LogP contribution in [0.25, 0.3) is 5.57 Å². The van der Waals surface area contributed by atoms with Gasteiger partial charge < -0.3 is 4.74 Å². The molecule has 0 bridgehead atoms. The summed E-state index contributed by atoms with van der Waals surface area (Å²) in [6, 6.07) is 8.99. The highest BCUT2D eigenvalue weighted by atomic mass is 31.1. The van der Waals surface area contributed by atoms with Crippen LogP contribution in [0.1, 0.15) is 58.4 Å². The first-order chi connectivity index (χ1) is 10.1. The zero-order valence-corrected chi connectivity index (χ0v) is 14.8. The topological polar surface area (TPSA) is 9.23 Å². The van der Waals surface area contributed by atoms with E-state index >= 15 is 0 Å². The third-order valence-corrected chi connectivity index (χ3v) is 7.79. The van der Waals surface area contributed by atoms with Gasteiger partial charge in [-0.15, -0.1) is 0 Å². The van der Waals surface area contributed by atoms with Crippen LogP contribution in [0.4, 0.5) is 0 Å². The fraction of sp³-hybridized carbons (Fsp3) is 0.579. The zero-order chi connectivity index (χ0) is 15.2. The number of ether oxygens (including phenoxy) is 1. The maximum absolute atomic E-state index is 5.24. The van der Waals surface area contributed by atoms with Gasteiger partial charge in [-0.3, -0.25) is 0 Å². The molecule has 0 N–H and O–H groups in total. The van der Waals surface area contributed by atoms with E-state index in [4.69, 9.17) is 4.74 Å². The van der Waals surface area contributed by atoms with Gasteiger partial charge in [-0.1, -0.05) is 65.3 Å². The van der Waals surface area contributed by atoms with Gasteiger partial charge in [0.25, 0.3) is 0 Å². The highest BCUT2D eigenvalue weighted by molar-refractivity contribution is 7.67. The van der Waals surface area contributed by atoms with Crippen molar-refractivity contribution in [3.63, 3.8) is 0 Å². The van der Waals surface area contributed by atoms with Gasteiger partial charge in [0.1, 0.15) is 0 Å². The molecule has 0 amide bonds. The van der Waals surface area contributed by atoms with Crippen LogP contribution >= 0.6 is 7.92 Å². The summed E-state index contributed by atoms with van der Waals surface area (Å²) < 4.78 is 5.24.